The first-order valence-corrected chi connectivity index (χ1v) is 15.8. The monoisotopic (exact) mass is 673 g/mol. The zero-order chi connectivity index (χ0) is 34.4. The zero-order valence-corrected chi connectivity index (χ0v) is 26.7. The van der Waals surface area contributed by atoms with Crippen molar-refractivity contribution in [1.29, 1.82) is 0 Å². The number of carbonyl (C=O) groups is 5. The minimum Gasteiger partial charge on any atom is -0.462 e. The highest BCUT2D eigenvalue weighted by atomic mass is 16.8. The standard InChI is InChI=1S/C32H39N3O13/c1-16(37)21(27(39)33-10-11-36)34-30(42)32-12-19-22-23(45-15-44-22)25(32)48-35(24(32)28(40)46-19)13-18-7-5-4-6-17(18)8-9-20(38)47-26-29(41)43-14-31(26,2)3/h4-9,16,19,21-26,36-37H,10-15H2,1-3H3,(H,33,39)(H,34,42). The van der Waals surface area contributed by atoms with Gasteiger partial charge in [0.05, 0.1) is 19.3 Å². The van der Waals surface area contributed by atoms with Crippen LogP contribution >= 0.6 is 0 Å². The van der Waals surface area contributed by atoms with Gasteiger partial charge in [0.15, 0.2) is 6.04 Å². The number of nitrogens with zero attached hydrogens (tertiary/aromatic N) is 1. The molecule has 5 aliphatic rings. The van der Waals surface area contributed by atoms with Gasteiger partial charge >= 0.3 is 17.9 Å². The summed E-state index contributed by atoms with van der Waals surface area (Å²) in [6.45, 7) is 4.40. The molecule has 2 amide bonds. The summed E-state index contributed by atoms with van der Waals surface area (Å²) in [6.07, 6.45) is -3.01. The number of rotatable bonds is 11. The number of hydrogen-bond acceptors (Lipinski definition) is 14. The van der Waals surface area contributed by atoms with Gasteiger partial charge in [-0.1, -0.05) is 38.1 Å². The number of hydrogen-bond donors (Lipinski definition) is 4. The second-order valence-electron chi connectivity index (χ2n) is 13.3. The Morgan fingerprint density at radius 1 is 1.15 bits per heavy atom. The smallest absolute Gasteiger partial charge is 0.348 e. The Bertz CT molecular complexity index is 1500. The summed E-state index contributed by atoms with van der Waals surface area (Å²) in [5, 5.41) is 26.0. The third-order valence-electron chi connectivity index (χ3n) is 9.48. The van der Waals surface area contributed by atoms with Gasteiger partial charge in [0.25, 0.3) is 0 Å². The molecule has 0 aromatic heterocycles. The lowest BCUT2D eigenvalue weighted by atomic mass is 9.62. The summed E-state index contributed by atoms with van der Waals surface area (Å²) in [6, 6.07) is 4.31. The van der Waals surface area contributed by atoms with Gasteiger partial charge in [0, 0.05) is 24.5 Å². The fourth-order valence-electron chi connectivity index (χ4n) is 7.06. The molecule has 5 fully saturated rings. The maximum Gasteiger partial charge on any atom is 0.348 e. The highest BCUT2D eigenvalue weighted by Crippen LogP contribution is 2.55. The van der Waals surface area contributed by atoms with Crippen LogP contribution < -0.4 is 10.6 Å². The van der Waals surface area contributed by atoms with Crippen LogP contribution in [0.25, 0.3) is 6.08 Å². The maximum atomic E-state index is 14.3. The number of ether oxygens (including phenoxy) is 5. The lowest BCUT2D eigenvalue weighted by molar-refractivity contribution is -0.201. The lowest BCUT2D eigenvalue weighted by Crippen LogP contribution is -2.71. The molecule has 9 atom stereocenters. The van der Waals surface area contributed by atoms with Crippen molar-refractivity contribution in [2.45, 2.75) is 82.4 Å². The van der Waals surface area contributed by atoms with E-state index in [4.69, 9.17) is 33.6 Å². The zero-order valence-electron chi connectivity index (χ0n) is 26.7. The maximum absolute atomic E-state index is 14.3. The quantitative estimate of drug-likeness (QED) is 0.123. The first-order valence-electron chi connectivity index (χ1n) is 15.8. The van der Waals surface area contributed by atoms with Crippen LogP contribution in [0.15, 0.2) is 30.3 Å². The largest absolute Gasteiger partial charge is 0.462 e. The average molecular weight is 674 g/mol. The fraction of sp³-hybridized carbons (Fsp3) is 0.594. The van der Waals surface area contributed by atoms with Crippen LogP contribution in [0.2, 0.25) is 0 Å². The van der Waals surface area contributed by atoms with E-state index in [2.05, 4.69) is 10.6 Å². The summed E-state index contributed by atoms with van der Waals surface area (Å²) < 4.78 is 27.8. The van der Waals surface area contributed by atoms with Crippen LogP contribution in [0, 0.1) is 10.8 Å². The Kier molecular flexibility index (Phi) is 9.32. The number of fused-ring (bicyclic) bond motifs is 4. The van der Waals surface area contributed by atoms with Crippen molar-refractivity contribution < 1.29 is 62.7 Å². The Hall–Kier alpha value is -3.93. The van der Waals surface area contributed by atoms with E-state index in [-0.39, 0.29) is 39.5 Å². The molecule has 260 valence electrons. The number of esters is 3. The molecule has 4 heterocycles. The number of aliphatic hydroxyl groups is 2. The Morgan fingerprint density at radius 2 is 1.90 bits per heavy atom. The molecule has 4 N–H and O–H groups in total. The Balaban J connectivity index is 1.27. The Morgan fingerprint density at radius 3 is 2.60 bits per heavy atom. The molecule has 16 nitrogen and oxygen atoms in total. The first kappa shape index (κ1) is 34.0. The molecule has 16 heteroatoms. The molecule has 1 aliphatic carbocycles. The first-order chi connectivity index (χ1) is 22.9. The topological polar surface area (TPSA) is 208 Å². The molecule has 1 aromatic rings. The van der Waals surface area contributed by atoms with Gasteiger partial charge in [0.2, 0.25) is 17.9 Å². The number of benzene rings is 1. The van der Waals surface area contributed by atoms with Crippen molar-refractivity contribution in [3.63, 3.8) is 0 Å². The summed E-state index contributed by atoms with van der Waals surface area (Å²) in [5.41, 5.74) is -1.10. The van der Waals surface area contributed by atoms with Crippen molar-refractivity contribution in [2.24, 2.45) is 10.8 Å². The van der Waals surface area contributed by atoms with Gasteiger partial charge in [-0.05, 0) is 24.1 Å². The number of carbonyl (C=O) groups excluding carboxylic acids is 5. The van der Waals surface area contributed by atoms with E-state index >= 15 is 0 Å². The number of cyclic esters (lactones) is 1. The Labute approximate surface area is 275 Å². The van der Waals surface area contributed by atoms with Gasteiger partial charge in [-0.15, -0.1) is 0 Å². The van der Waals surface area contributed by atoms with E-state index in [1.807, 2.05) is 0 Å². The second kappa shape index (κ2) is 13.2. The van der Waals surface area contributed by atoms with E-state index < -0.39 is 89.3 Å². The van der Waals surface area contributed by atoms with Crippen molar-refractivity contribution in [2.75, 3.05) is 26.6 Å². The molecule has 0 radical (unpaired) electrons. The fourth-order valence-corrected chi connectivity index (χ4v) is 7.06. The number of aliphatic hydroxyl groups excluding tert-OH is 2. The summed E-state index contributed by atoms with van der Waals surface area (Å²) in [5.74, 6) is -3.53. The molecule has 1 aromatic carbocycles. The number of hydroxylamine groups is 2. The predicted molar refractivity (Wildman–Crippen MR) is 160 cm³/mol. The average Bonchev–Trinajstić information content (AvgIpc) is 3.74. The molecule has 4 aliphatic heterocycles. The highest BCUT2D eigenvalue weighted by molar-refractivity contribution is 5.96. The molecule has 6 rings (SSSR count). The van der Waals surface area contributed by atoms with Gasteiger partial charge in [-0.25, -0.2) is 9.59 Å². The van der Waals surface area contributed by atoms with E-state index in [9.17, 15) is 29.1 Å². The van der Waals surface area contributed by atoms with Crippen molar-refractivity contribution in [3.8, 4) is 0 Å². The number of nitrogens with one attached hydrogen (secondary N) is 2. The van der Waals surface area contributed by atoms with Gasteiger partial charge in [-0.2, -0.15) is 5.06 Å². The van der Waals surface area contributed by atoms with E-state index in [1.165, 1.54) is 24.1 Å². The molecular weight excluding hydrogens is 634 g/mol. The summed E-state index contributed by atoms with van der Waals surface area (Å²) >= 11 is 0. The normalized spacial score (nSPS) is 33.0. The summed E-state index contributed by atoms with van der Waals surface area (Å²) in [7, 11) is 0. The van der Waals surface area contributed by atoms with Crippen LogP contribution in [0.1, 0.15) is 38.3 Å². The number of amides is 2. The minimum absolute atomic E-state index is 0.000931. The lowest BCUT2D eigenvalue weighted by Gasteiger charge is -2.49. The molecule has 9 unspecified atom stereocenters. The molecule has 48 heavy (non-hydrogen) atoms. The van der Waals surface area contributed by atoms with Crippen molar-refractivity contribution >= 4 is 35.8 Å². The molecule has 0 spiro atoms. The van der Waals surface area contributed by atoms with Gasteiger partial charge < -0.3 is 44.5 Å². The molecular formula is C32H39N3O13. The van der Waals surface area contributed by atoms with Gasteiger partial charge in [0.1, 0.15) is 49.3 Å². The minimum atomic E-state index is -1.60. The van der Waals surface area contributed by atoms with Crippen LogP contribution in [0.3, 0.4) is 0 Å². The highest BCUT2D eigenvalue weighted by Gasteiger charge is 2.75. The van der Waals surface area contributed by atoms with Crippen LogP contribution in [0.4, 0.5) is 0 Å². The van der Waals surface area contributed by atoms with Crippen LogP contribution in [-0.4, -0.2) is 120 Å². The third-order valence-corrected chi connectivity index (χ3v) is 9.48. The van der Waals surface area contributed by atoms with Crippen molar-refractivity contribution in [3.05, 3.63) is 41.5 Å². The third kappa shape index (κ3) is 5.97. The summed E-state index contributed by atoms with van der Waals surface area (Å²) in [4.78, 5) is 72.0. The van der Waals surface area contributed by atoms with E-state index in [0.717, 1.165) is 0 Å². The van der Waals surface area contributed by atoms with Crippen molar-refractivity contribution in [1.82, 2.24) is 15.7 Å². The predicted octanol–water partition coefficient (Wildman–Crippen LogP) is -1.29. The van der Waals surface area contributed by atoms with E-state index in [1.54, 1.807) is 38.1 Å². The van der Waals surface area contributed by atoms with Gasteiger partial charge in [-0.3, -0.25) is 19.2 Å². The van der Waals surface area contributed by atoms with Crippen LogP contribution in [-0.2, 0) is 59.0 Å². The molecule has 4 saturated heterocycles. The van der Waals surface area contributed by atoms with E-state index in [0.29, 0.717) is 11.1 Å². The SMILES string of the molecule is CC(O)C(NC(=O)C12CC3OC(=O)C1N(Cc1ccccc1C=CC(=O)OC1C(=O)OCC1(C)C)OC2C1OCOC31)C(=O)NCCO. The van der Waals surface area contributed by atoms with Crippen LogP contribution in [0.5, 0.6) is 0 Å². The second-order valence-corrected chi connectivity index (χ2v) is 13.3. The molecule has 2 bridgehead atoms. The molecule has 1 saturated carbocycles.